The zero-order valence-electron chi connectivity index (χ0n) is 18.2. The van der Waals surface area contributed by atoms with Gasteiger partial charge in [-0.2, -0.15) is 0 Å². The molecule has 32 heavy (non-hydrogen) atoms. The number of nitrogens with one attached hydrogen (secondary N) is 2. The van der Waals surface area contributed by atoms with Crippen LogP contribution in [0.15, 0.2) is 71.3 Å². The summed E-state index contributed by atoms with van der Waals surface area (Å²) in [7, 11) is 1.65. The molecule has 4 rings (SSSR count). The number of benzene rings is 1. The molecule has 6 nitrogen and oxygen atoms in total. The van der Waals surface area contributed by atoms with Gasteiger partial charge in [-0.25, -0.2) is 4.98 Å². The van der Waals surface area contributed by atoms with E-state index in [9.17, 15) is 4.79 Å². The van der Waals surface area contributed by atoms with Crippen LogP contribution in [0.25, 0.3) is 0 Å². The summed E-state index contributed by atoms with van der Waals surface area (Å²) in [5, 5.41) is 7.38. The van der Waals surface area contributed by atoms with E-state index in [4.69, 9.17) is 9.15 Å². The van der Waals surface area contributed by atoms with Gasteiger partial charge in [-0.3, -0.25) is 4.79 Å². The highest BCUT2D eigenvalue weighted by atomic mass is 32.1. The van der Waals surface area contributed by atoms with Crippen molar-refractivity contribution in [2.75, 3.05) is 17.7 Å². The van der Waals surface area contributed by atoms with Crippen LogP contribution in [0.2, 0.25) is 0 Å². The number of pyridine rings is 1. The topological polar surface area (TPSA) is 76.4 Å². The SMILES string of the molecule is CCc1cc(C(Nc2cccc(C)n2)c2ccc(OC)cc2)c(NC(=O)c2ccco2)s1. The summed E-state index contributed by atoms with van der Waals surface area (Å²) in [5.74, 6) is 1.55. The minimum atomic E-state index is -0.275. The molecular weight excluding hydrogens is 422 g/mol. The molecule has 164 valence electrons. The number of anilines is 2. The minimum absolute atomic E-state index is 0.223. The molecule has 1 atom stereocenters. The van der Waals surface area contributed by atoms with E-state index in [-0.39, 0.29) is 17.7 Å². The quantitative estimate of drug-likeness (QED) is 0.343. The molecule has 0 aliphatic rings. The van der Waals surface area contributed by atoms with Gasteiger partial charge in [0.2, 0.25) is 0 Å². The molecule has 1 unspecified atom stereocenters. The number of methoxy groups -OCH3 is 1. The number of ether oxygens (including phenoxy) is 1. The average molecular weight is 448 g/mol. The van der Waals surface area contributed by atoms with Gasteiger partial charge in [0.15, 0.2) is 5.76 Å². The van der Waals surface area contributed by atoms with Crippen molar-refractivity contribution in [1.29, 1.82) is 0 Å². The summed E-state index contributed by atoms with van der Waals surface area (Å²) < 4.78 is 10.6. The number of carbonyl (C=O) groups is 1. The standard InChI is InChI=1S/C25H25N3O3S/c1-4-19-15-20(25(32-19)28-24(29)21-8-6-14-31-21)23(17-10-12-18(30-3)13-11-17)27-22-9-5-7-16(2)26-22/h5-15,23H,4H2,1-3H3,(H,26,27)(H,28,29). The van der Waals surface area contributed by atoms with Crippen molar-refractivity contribution in [2.24, 2.45) is 0 Å². The zero-order valence-corrected chi connectivity index (χ0v) is 19.0. The van der Waals surface area contributed by atoms with Gasteiger partial charge in [-0.15, -0.1) is 11.3 Å². The molecule has 4 aromatic rings. The van der Waals surface area contributed by atoms with Crippen molar-refractivity contribution in [3.8, 4) is 5.75 Å². The van der Waals surface area contributed by atoms with Crippen molar-refractivity contribution >= 4 is 28.1 Å². The first kappa shape index (κ1) is 21.6. The number of hydrogen-bond acceptors (Lipinski definition) is 6. The Labute approximate surface area is 191 Å². The molecule has 0 aliphatic heterocycles. The highest BCUT2D eigenvalue weighted by Gasteiger charge is 2.23. The van der Waals surface area contributed by atoms with Gasteiger partial charge in [0.25, 0.3) is 5.91 Å². The van der Waals surface area contributed by atoms with E-state index in [0.717, 1.165) is 39.8 Å². The lowest BCUT2D eigenvalue weighted by Gasteiger charge is -2.21. The van der Waals surface area contributed by atoms with Crippen LogP contribution >= 0.6 is 11.3 Å². The largest absolute Gasteiger partial charge is 0.497 e. The number of amides is 1. The Hall–Kier alpha value is -3.58. The Morgan fingerprint density at radius 1 is 1.16 bits per heavy atom. The molecule has 0 fully saturated rings. The average Bonchev–Trinajstić information content (AvgIpc) is 3.48. The Balaban J connectivity index is 1.75. The summed E-state index contributed by atoms with van der Waals surface area (Å²) in [6, 6.07) is 19.1. The molecule has 7 heteroatoms. The van der Waals surface area contributed by atoms with Crippen LogP contribution in [-0.4, -0.2) is 18.0 Å². The maximum atomic E-state index is 12.7. The first-order valence-corrected chi connectivity index (χ1v) is 11.2. The second-order valence-electron chi connectivity index (χ2n) is 7.30. The first-order chi connectivity index (χ1) is 15.6. The van der Waals surface area contributed by atoms with E-state index >= 15 is 0 Å². The predicted octanol–water partition coefficient (Wildman–Crippen LogP) is 6.07. The molecule has 0 radical (unpaired) electrons. The van der Waals surface area contributed by atoms with Gasteiger partial charge in [-0.05, 0) is 61.4 Å². The maximum absolute atomic E-state index is 12.7. The zero-order chi connectivity index (χ0) is 22.5. The lowest BCUT2D eigenvalue weighted by atomic mass is 9.99. The van der Waals surface area contributed by atoms with Gasteiger partial charge in [-0.1, -0.05) is 25.1 Å². The van der Waals surface area contributed by atoms with E-state index in [1.807, 2.05) is 49.4 Å². The van der Waals surface area contributed by atoms with Crippen LogP contribution in [0.5, 0.6) is 5.75 Å². The molecule has 0 bridgehead atoms. The maximum Gasteiger partial charge on any atom is 0.291 e. The molecular formula is C25H25N3O3S. The van der Waals surface area contributed by atoms with Crippen molar-refractivity contribution in [1.82, 2.24) is 4.98 Å². The van der Waals surface area contributed by atoms with Gasteiger partial charge < -0.3 is 19.8 Å². The number of aryl methyl sites for hydroxylation is 2. The monoisotopic (exact) mass is 447 g/mol. The third kappa shape index (κ3) is 4.84. The van der Waals surface area contributed by atoms with Gasteiger partial charge in [0.1, 0.15) is 16.6 Å². The molecule has 1 amide bonds. The van der Waals surface area contributed by atoms with Crippen molar-refractivity contribution in [2.45, 2.75) is 26.3 Å². The lowest BCUT2D eigenvalue weighted by Crippen LogP contribution is -2.17. The van der Waals surface area contributed by atoms with E-state index in [0.29, 0.717) is 0 Å². The fourth-order valence-electron chi connectivity index (χ4n) is 3.43. The molecule has 0 aliphatic carbocycles. The van der Waals surface area contributed by atoms with Crippen LogP contribution in [0, 0.1) is 6.92 Å². The van der Waals surface area contributed by atoms with E-state index in [2.05, 4.69) is 28.6 Å². The van der Waals surface area contributed by atoms with E-state index in [1.54, 1.807) is 30.6 Å². The number of aromatic nitrogens is 1. The second kappa shape index (κ2) is 9.70. The molecule has 3 heterocycles. The molecule has 0 saturated heterocycles. The first-order valence-electron chi connectivity index (χ1n) is 10.4. The van der Waals surface area contributed by atoms with Crippen LogP contribution < -0.4 is 15.4 Å². The highest BCUT2D eigenvalue weighted by molar-refractivity contribution is 7.16. The molecule has 0 saturated carbocycles. The highest BCUT2D eigenvalue weighted by Crippen LogP contribution is 2.38. The smallest absolute Gasteiger partial charge is 0.291 e. The lowest BCUT2D eigenvalue weighted by molar-refractivity contribution is 0.0997. The van der Waals surface area contributed by atoms with Crippen LogP contribution in [-0.2, 0) is 6.42 Å². The number of thiophene rings is 1. The third-order valence-corrected chi connectivity index (χ3v) is 6.28. The van der Waals surface area contributed by atoms with Gasteiger partial charge in [0.05, 0.1) is 19.4 Å². The predicted molar refractivity (Wildman–Crippen MR) is 128 cm³/mol. The summed E-state index contributed by atoms with van der Waals surface area (Å²) in [6.45, 7) is 4.06. The Morgan fingerprint density at radius 3 is 2.62 bits per heavy atom. The van der Waals surface area contributed by atoms with Crippen molar-refractivity contribution in [3.63, 3.8) is 0 Å². The summed E-state index contributed by atoms with van der Waals surface area (Å²) in [5.41, 5.74) is 2.93. The summed E-state index contributed by atoms with van der Waals surface area (Å²) in [6.07, 6.45) is 2.36. The Kier molecular flexibility index (Phi) is 6.56. The van der Waals surface area contributed by atoms with E-state index in [1.165, 1.54) is 11.1 Å². The second-order valence-corrected chi connectivity index (χ2v) is 8.43. The van der Waals surface area contributed by atoms with Crippen molar-refractivity contribution in [3.05, 3.63) is 94.4 Å². The molecule has 2 N–H and O–H groups in total. The third-order valence-electron chi connectivity index (χ3n) is 5.07. The summed E-state index contributed by atoms with van der Waals surface area (Å²) >= 11 is 1.57. The number of nitrogens with zero attached hydrogens (tertiary/aromatic N) is 1. The summed E-state index contributed by atoms with van der Waals surface area (Å²) in [4.78, 5) is 18.5. The van der Waals surface area contributed by atoms with Gasteiger partial charge >= 0.3 is 0 Å². The van der Waals surface area contributed by atoms with Crippen LogP contribution in [0.3, 0.4) is 0 Å². The van der Waals surface area contributed by atoms with Gasteiger partial charge in [0, 0.05) is 16.1 Å². The number of rotatable bonds is 8. The van der Waals surface area contributed by atoms with Crippen LogP contribution in [0.1, 0.15) is 45.2 Å². The normalized spacial score (nSPS) is 11.7. The number of carbonyl (C=O) groups excluding carboxylic acids is 1. The number of hydrogen-bond donors (Lipinski definition) is 2. The fraction of sp³-hybridized carbons (Fsp3) is 0.200. The molecule has 0 spiro atoms. The Morgan fingerprint density at radius 2 is 1.97 bits per heavy atom. The molecule has 1 aromatic carbocycles. The molecule has 3 aromatic heterocycles. The minimum Gasteiger partial charge on any atom is -0.497 e. The number of furan rings is 1. The van der Waals surface area contributed by atoms with E-state index < -0.39 is 0 Å². The Bertz CT molecular complexity index is 1180. The fourth-order valence-corrected chi connectivity index (χ4v) is 4.46. The van der Waals surface area contributed by atoms with Crippen molar-refractivity contribution < 1.29 is 13.9 Å². The van der Waals surface area contributed by atoms with Crippen LogP contribution in [0.4, 0.5) is 10.8 Å².